The van der Waals surface area contributed by atoms with Crippen molar-refractivity contribution in [2.45, 2.75) is 44.6 Å². The Balaban J connectivity index is 0.000000445. The molecular weight excluding hydrogens is 369 g/mol. The number of carbonyl (C=O) groups excluding carboxylic acids is 2. The van der Waals surface area contributed by atoms with Gasteiger partial charge < -0.3 is 20.2 Å². The van der Waals surface area contributed by atoms with Crippen molar-refractivity contribution in [1.29, 1.82) is 0 Å². The summed E-state index contributed by atoms with van der Waals surface area (Å²) in [5.41, 5.74) is 0. The summed E-state index contributed by atoms with van der Waals surface area (Å²) in [4.78, 5) is 38.8. The number of likely N-dealkylation sites (N-methyl/N-ethyl adjacent to an activating group) is 1. The van der Waals surface area contributed by atoms with E-state index in [1.165, 1.54) is 0 Å². The minimum Gasteiger partial charge on any atom is -0.475 e. The quantitative estimate of drug-likeness (QED) is 0.721. The molecule has 3 atom stereocenters. The molecule has 0 aromatic heterocycles. The number of carbonyl (C=O) groups is 3. The molecule has 2 heterocycles. The lowest BCUT2D eigenvalue weighted by atomic mass is 10.0. The summed E-state index contributed by atoms with van der Waals surface area (Å²) < 4.78 is 31.7. The molecule has 27 heavy (non-hydrogen) atoms. The molecule has 0 spiro atoms. The van der Waals surface area contributed by atoms with Crippen LogP contribution in [-0.4, -0.2) is 96.2 Å². The zero-order chi connectivity index (χ0) is 21.1. The van der Waals surface area contributed by atoms with E-state index in [1.54, 1.807) is 26.0 Å². The zero-order valence-corrected chi connectivity index (χ0v) is 16.1. The van der Waals surface area contributed by atoms with E-state index >= 15 is 0 Å². The van der Waals surface area contributed by atoms with Crippen LogP contribution in [0.2, 0.25) is 0 Å². The van der Waals surface area contributed by atoms with E-state index < -0.39 is 12.1 Å². The van der Waals surface area contributed by atoms with Gasteiger partial charge in [0.05, 0.1) is 6.04 Å². The molecule has 11 heteroatoms. The number of halogens is 3. The van der Waals surface area contributed by atoms with Gasteiger partial charge in [0.25, 0.3) is 0 Å². The lowest BCUT2D eigenvalue weighted by molar-refractivity contribution is -0.192. The van der Waals surface area contributed by atoms with Crippen LogP contribution in [0.5, 0.6) is 0 Å². The monoisotopic (exact) mass is 396 g/mol. The Kier molecular flexibility index (Phi) is 7.47. The second kappa shape index (κ2) is 8.77. The number of nitrogens with one attached hydrogen (secondary N) is 1. The van der Waals surface area contributed by atoms with E-state index in [9.17, 15) is 22.8 Å². The minimum atomic E-state index is -5.08. The normalized spacial score (nSPS) is 24.9. The molecule has 0 aliphatic carbocycles. The second-order valence-electron chi connectivity index (χ2n) is 7.12. The van der Waals surface area contributed by atoms with Gasteiger partial charge in [-0.25, -0.2) is 9.59 Å². The Morgan fingerprint density at radius 3 is 2.07 bits per heavy atom. The smallest absolute Gasteiger partial charge is 0.475 e. The molecule has 2 aliphatic rings. The fourth-order valence-electron chi connectivity index (χ4n) is 3.65. The first-order valence-electron chi connectivity index (χ1n) is 8.56. The van der Waals surface area contributed by atoms with Crippen molar-refractivity contribution < 1.29 is 32.7 Å². The molecule has 0 aromatic rings. The largest absolute Gasteiger partial charge is 0.490 e. The van der Waals surface area contributed by atoms with Gasteiger partial charge in [0.2, 0.25) is 5.91 Å². The molecule has 2 saturated heterocycles. The van der Waals surface area contributed by atoms with Crippen LogP contribution < -0.4 is 5.32 Å². The number of likely N-dealkylation sites (tertiary alicyclic amines) is 2. The van der Waals surface area contributed by atoms with Crippen molar-refractivity contribution >= 4 is 17.9 Å². The molecule has 0 aromatic carbocycles. The van der Waals surface area contributed by atoms with Crippen molar-refractivity contribution in [2.24, 2.45) is 5.92 Å². The first kappa shape index (κ1) is 23.0. The summed E-state index contributed by atoms with van der Waals surface area (Å²) in [6, 6.07) is 0.633. The summed E-state index contributed by atoms with van der Waals surface area (Å²) in [5, 5.41) is 9.89. The van der Waals surface area contributed by atoms with Crippen LogP contribution in [0.3, 0.4) is 0 Å². The van der Waals surface area contributed by atoms with E-state index in [0.717, 1.165) is 19.5 Å². The van der Waals surface area contributed by atoms with Crippen LogP contribution in [0.1, 0.15) is 20.3 Å². The van der Waals surface area contributed by atoms with Crippen LogP contribution in [0.15, 0.2) is 0 Å². The lowest BCUT2D eigenvalue weighted by Crippen LogP contribution is -2.51. The second-order valence-corrected chi connectivity index (χ2v) is 7.12. The highest BCUT2D eigenvalue weighted by atomic mass is 19.4. The molecule has 0 radical (unpaired) electrons. The number of hydrogen-bond acceptors (Lipinski definition) is 4. The summed E-state index contributed by atoms with van der Waals surface area (Å²) in [6.45, 7) is 5.73. The van der Waals surface area contributed by atoms with Crippen molar-refractivity contribution in [3.8, 4) is 0 Å². The highest BCUT2D eigenvalue weighted by Crippen LogP contribution is 2.37. The topological polar surface area (TPSA) is 93.2 Å². The first-order chi connectivity index (χ1) is 12.3. The Hall–Kier alpha value is -2.04. The van der Waals surface area contributed by atoms with Gasteiger partial charge in [-0.3, -0.25) is 9.69 Å². The summed E-state index contributed by atoms with van der Waals surface area (Å²) in [7, 11) is 5.25. The molecule has 156 valence electrons. The van der Waals surface area contributed by atoms with Gasteiger partial charge in [0.1, 0.15) is 0 Å². The molecule has 2 rings (SSSR count). The molecule has 2 aliphatic heterocycles. The van der Waals surface area contributed by atoms with Crippen molar-refractivity contribution in [1.82, 2.24) is 20.0 Å². The van der Waals surface area contributed by atoms with E-state index in [2.05, 4.69) is 24.1 Å². The molecule has 8 nitrogen and oxygen atoms in total. The molecule has 2 fully saturated rings. The average molecular weight is 396 g/mol. The number of fused-ring (bicyclic) bond motifs is 1. The first-order valence-corrected chi connectivity index (χ1v) is 8.56. The molecule has 0 bridgehead atoms. The highest BCUT2D eigenvalue weighted by Gasteiger charge is 2.50. The van der Waals surface area contributed by atoms with Crippen LogP contribution >= 0.6 is 0 Å². The summed E-state index contributed by atoms with van der Waals surface area (Å²) in [5.74, 6) is -2.25. The summed E-state index contributed by atoms with van der Waals surface area (Å²) >= 11 is 0. The number of amides is 3. The van der Waals surface area contributed by atoms with Gasteiger partial charge in [-0.05, 0) is 26.2 Å². The van der Waals surface area contributed by atoms with Gasteiger partial charge in [-0.2, -0.15) is 13.2 Å². The van der Waals surface area contributed by atoms with Gasteiger partial charge in [0.15, 0.2) is 0 Å². The van der Waals surface area contributed by atoms with E-state index in [0.29, 0.717) is 18.0 Å². The van der Waals surface area contributed by atoms with Crippen LogP contribution in [0.25, 0.3) is 0 Å². The number of alkyl halides is 3. The SMILES string of the molecule is CNC(=O)[C@@H]1C[C@H]2CN(C(=O)N(C)C)C[C@H]2N1C(C)C.O=C(O)C(F)(F)F. The van der Waals surface area contributed by atoms with Crippen LogP contribution in [-0.2, 0) is 9.59 Å². The summed E-state index contributed by atoms with van der Waals surface area (Å²) in [6.07, 6.45) is -4.24. The lowest BCUT2D eigenvalue weighted by Gasteiger charge is -2.33. The highest BCUT2D eigenvalue weighted by molar-refractivity contribution is 5.82. The van der Waals surface area contributed by atoms with Gasteiger partial charge in [-0.15, -0.1) is 0 Å². The maximum Gasteiger partial charge on any atom is 0.490 e. The molecule has 0 saturated carbocycles. The Morgan fingerprint density at radius 2 is 1.70 bits per heavy atom. The van der Waals surface area contributed by atoms with Crippen molar-refractivity contribution in [2.75, 3.05) is 34.2 Å². The predicted molar refractivity (Wildman–Crippen MR) is 91.1 cm³/mol. The average Bonchev–Trinajstić information content (AvgIpc) is 3.09. The number of carboxylic acids is 1. The number of urea groups is 1. The van der Waals surface area contributed by atoms with E-state index in [1.807, 2.05) is 4.90 Å². The van der Waals surface area contributed by atoms with Gasteiger partial charge in [0, 0.05) is 46.3 Å². The number of aliphatic carboxylic acids is 1. The standard InChI is InChI=1S/C14H26N4O2.C2HF3O2/c1-9(2)18-11(13(19)15-3)6-10-7-17(8-12(10)18)14(20)16(4)5;3-2(4,5)1(6)7/h9-12H,6-8H2,1-5H3,(H,15,19);(H,6,7)/t10-,11-,12+;/m0./s1. The van der Waals surface area contributed by atoms with E-state index in [-0.39, 0.29) is 18.0 Å². The van der Waals surface area contributed by atoms with Crippen molar-refractivity contribution in [3.63, 3.8) is 0 Å². The maximum absolute atomic E-state index is 12.1. The molecule has 0 unspecified atom stereocenters. The molecule has 2 N–H and O–H groups in total. The Morgan fingerprint density at radius 1 is 1.19 bits per heavy atom. The van der Waals surface area contributed by atoms with Gasteiger partial charge in [-0.1, -0.05) is 0 Å². The fourth-order valence-corrected chi connectivity index (χ4v) is 3.65. The molecule has 3 amide bonds. The number of nitrogens with zero attached hydrogens (tertiary/aromatic N) is 3. The number of carboxylic acid groups (broad SMARTS) is 1. The Bertz CT molecular complexity index is 568. The number of rotatable bonds is 2. The van der Waals surface area contributed by atoms with Crippen molar-refractivity contribution in [3.05, 3.63) is 0 Å². The predicted octanol–water partition coefficient (Wildman–Crippen LogP) is 0.830. The fraction of sp³-hybridized carbons (Fsp3) is 0.812. The Labute approximate surface area is 156 Å². The third kappa shape index (κ3) is 5.47. The van der Waals surface area contributed by atoms with Crippen LogP contribution in [0, 0.1) is 5.92 Å². The molecular formula is C16H27F3N4O4. The number of hydrogen-bond donors (Lipinski definition) is 2. The third-order valence-electron chi connectivity index (χ3n) is 4.72. The zero-order valence-electron chi connectivity index (χ0n) is 16.1. The van der Waals surface area contributed by atoms with Crippen LogP contribution in [0.4, 0.5) is 18.0 Å². The third-order valence-corrected chi connectivity index (χ3v) is 4.72. The minimum absolute atomic E-state index is 0.0494. The van der Waals surface area contributed by atoms with Gasteiger partial charge >= 0.3 is 18.2 Å². The maximum atomic E-state index is 12.1. The van der Waals surface area contributed by atoms with E-state index in [4.69, 9.17) is 9.90 Å².